The van der Waals surface area contributed by atoms with Gasteiger partial charge in [0, 0.05) is 6.42 Å². The van der Waals surface area contributed by atoms with Gasteiger partial charge in [-0.1, -0.05) is 30.7 Å². The van der Waals surface area contributed by atoms with Crippen LogP contribution >= 0.6 is 0 Å². The predicted molar refractivity (Wildman–Crippen MR) is 67.4 cm³/mol. The first-order valence-corrected chi connectivity index (χ1v) is 5.91. The zero-order valence-corrected chi connectivity index (χ0v) is 10.6. The van der Waals surface area contributed by atoms with Crippen LogP contribution in [0.25, 0.3) is 0 Å². The summed E-state index contributed by atoms with van der Waals surface area (Å²) >= 11 is 0. The Morgan fingerprint density at radius 3 is 2.69 bits per heavy atom. The van der Waals surface area contributed by atoms with E-state index < -0.39 is 0 Å². The van der Waals surface area contributed by atoms with Gasteiger partial charge in [0.25, 0.3) is 0 Å². The summed E-state index contributed by atoms with van der Waals surface area (Å²) in [5.41, 5.74) is 3.68. The summed E-state index contributed by atoms with van der Waals surface area (Å²) in [4.78, 5) is 11.5. The van der Waals surface area contributed by atoms with Crippen LogP contribution in [0.15, 0.2) is 18.2 Å². The molecule has 1 amide bonds. The van der Waals surface area contributed by atoms with Crippen molar-refractivity contribution in [2.24, 2.45) is 0 Å². The Labute approximate surface area is 98.1 Å². The molecule has 1 N–H and O–H groups in total. The maximum absolute atomic E-state index is 11.5. The van der Waals surface area contributed by atoms with Gasteiger partial charge < -0.3 is 5.32 Å². The Morgan fingerprint density at radius 1 is 1.38 bits per heavy atom. The minimum atomic E-state index is 0.0962. The lowest BCUT2D eigenvalue weighted by atomic mass is 10.00. The van der Waals surface area contributed by atoms with Crippen LogP contribution in [-0.4, -0.2) is 5.91 Å². The molecule has 0 spiro atoms. The third-order valence-electron chi connectivity index (χ3n) is 2.76. The van der Waals surface area contributed by atoms with E-state index in [1.54, 1.807) is 0 Å². The Kier molecular flexibility index (Phi) is 4.53. The molecule has 0 aliphatic carbocycles. The van der Waals surface area contributed by atoms with Gasteiger partial charge in [0.15, 0.2) is 0 Å². The van der Waals surface area contributed by atoms with E-state index in [1.165, 1.54) is 16.7 Å². The van der Waals surface area contributed by atoms with E-state index in [-0.39, 0.29) is 11.9 Å². The minimum Gasteiger partial charge on any atom is -0.350 e. The molecule has 0 saturated carbocycles. The molecule has 0 heterocycles. The summed E-state index contributed by atoms with van der Waals surface area (Å²) in [7, 11) is 0. The van der Waals surface area contributed by atoms with E-state index in [2.05, 4.69) is 37.4 Å². The first kappa shape index (κ1) is 12.8. The molecule has 0 saturated heterocycles. The Morgan fingerprint density at radius 2 is 2.06 bits per heavy atom. The van der Waals surface area contributed by atoms with E-state index in [1.807, 2.05) is 13.8 Å². The smallest absolute Gasteiger partial charge is 0.220 e. The Hall–Kier alpha value is -1.31. The Balaban J connectivity index is 2.76. The highest BCUT2D eigenvalue weighted by Gasteiger charge is 2.10. The van der Waals surface area contributed by atoms with Gasteiger partial charge in [-0.3, -0.25) is 4.79 Å². The second-order valence-corrected chi connectivity index (χ2v) is 4.40. The summed E-state index contributed by atoms with van der Waals surface area (Å²) in [5.74, 6) is 0.135. The van der Waals surface area contributed by atoms with Gasteiger partial charge in [-0.25, -0.2) is 0 Å². The summed E-state index contributed by atoms with van der Waals surface area (Å²) in [6.07, 6.45) is 1.50. The molecule has 0 radical (unpaired) electrons. The lowest BCUT2D eigenvalue weighted by Crippen LogP contribution is -2.26. The summed E-state index contributed by atoms with van der Waals surface area (Å²) in [6, 6.07) is 6.44. The van der Waals surface area contributed by atoms with E-state index in [4.69, 9.17) is 0 Å². The molecule has 16 heavy (non-hydrogen) atoms. The molecule has 0 fully saturated rings. The number of hydrogen-bond donors (Lipinski definition) is 1. The molecule has 1 aromatic rings. The summed E-state index contributed by atoms with van der Waals surface area (Å²) < 4.78 is 0. The van der Waals surface area contributed by atoms with Gasteiger partial charge >= 0.3 is 0 Å². The van der Waals surface area contributed by atoms with E-state index in [9.17, 15) is 4.79 Å². The SMILES string of the molecule is CCCC(=O)N[C@@H](C)c1cc(C)ccc1C. The van der Waals surface area contributed by atoms with E-state index in [0.717, 1.165) is 6.42 Å². The highest BCUT2D eigenvalue weighted by atomic mass is 16.1. The van der Waals surface area contributed by atoms with Crippen LogP contribution in [-0.2, 0) is 4.79 Å². The van der Waals surface area contributed by atoms with Crippen LogP contribution in [0.4, 0.5) is 0 Å². The number of amides is 1. The summed E-state index contributed by atoms with van der Waals surface area (Å²) in [6.45, 7) is 8.21. The van der Waals surface area contributed by atoms with Crippen LogP contribution in [0.5, 0.6) is 0 Å². The van der Waals surface area contributed by atoms with Crippen LogP contribution in [0.1, 0.15) is 49.4 Å². The van der Waals surface area contributed by atoms with Crippen molar-refractivity contribution in [2.75, 3.05) is 0 Å². The lowest BCUT2D eigenvalue weighted by molar-refractivity contribution is -0.121. The van der Waals surface area contributed by atoms with Crippen molar-refractivity contribution < 1.29 is 4.79 Å². The molecule has 0 bridgehead atoms. The number of rotatable bonds is 4. The van der Waals surface area contributed by atoms with Crippen molar-refractivity contribution in [2.45, 2.75) is 46.6 Å². The van der Waals surface area contributed by atoms with Crippen LogP contribution in [0, 0.1) is 13.8 Å². The molecule has 0 unspecified atom stereocenters. The minimum absolute atomic E-state index is 0.0962. The number of hydrogen-bond acceptors (Lipinski definition) is 1. The van der Waals surface area contributed by atoms with Gasteiger partial charge in [-0.2, -0.15) is 0 Å². The fraction of sp³-hybridized carbons (Fsp3) is 0.500. The molecule has 1 rings (SSSR count). The van der Waals surface area contributed by atoms with Gasteiger partial charge in [0.05, 0.1) is 6.04 Å². The molecular formula is C14H21NO. The van der Waals surface area contributed by atoms with Crippen molar-refractivity contribution in [1.29, 1.82) is 0 Å². The van der Waals surface area contributed by atoms with E-state index in [0.29, 0.717) is 6.42 Å². The summed E-state index contributed by atoms with van der Waals surface area (Å²) in [5, 5.41) is 3.03. The molecular weight excluding hydrogens is 198 g/mol. The van der Waals surface area contributed by atoms with Crippen LogP contribution < -0.4 is 5.32 Å². The highest BCUT2D eigenvalue weighted by Crippen LogP contribution is 2.18. The molecule has 2 nitrogen and oxygen atoms in total. The average molecular weight is 219 g/mol. The van der Waals surface area contributed by atoms with Crippen molar-refractivity contribution in [3.8, 4) is 0 Å². The number of aryl methyl sites for hydroxylation is 2. The molecule has 0 aliphatic heterocycles. The number of carbonyl (C=O) groups is 1. The highest BCUT2D eigenvalue weighted by molar-refractivity contribution is 5.76. The Bertz CT molecular complexity index is 371. The normalized spacial score (nSPS) is 12.2. The van der Waals surface area contributed by atoms with Crippen LogP contribution in [0.2, 0.25) is 0 Å². The fourth-order valence-corrected chi connectivity index (χ4v) is 1.84. The third-order valence-corrected chi connectivity index (χ3v) is 2.76. The zero-order chi connectivity index (χ0) is 12.1. The zero-order valence-electron chi connectivity index (χ0n) is 10.6. The molecule has 2 heteroatoms. The topological polar surface area (TPSA) is 29.1 Å². The van der Waals surface area contributed by atoms with Crippen molar-refractivity contribution in [1.82, 2.24) is 5.32 Å². The average Bonchev–Trinajstić information content (AvgIpc) is 2.21. The van der Waals surface area contributed by atoms with Gasteiger partial charge in [-0.15, -0.1) is 0 Å². The van der Waals surface area contributed by atoms with Crippen molar-refractivity contribution >= 4 is 5.91 Å². The second kappa shape index (κ2) is 5.69. The van der Waals surface area contributed by atoms with Gasteiger partial charge in [0.2, 0.25) is 5.91 Å². The van der Waals surface area contributed by atoms with Gasteiger partial charge in [0.1, 0.15) is 0 Å². The quantitative estimate of drug-likeness (QED) is 0.827. The first-order valence-electron chi connectivity index (χ1n) is 5.91. The monoisotopic (exact) mass is 219 g/mol. The van der Waals surface area contributed by atoms with Crippen molar-refractivity contribution in [3.63, 3.8) is 0 Å². The number of carbonyl (C=O) groups excluding carboxylic acids is 1. The fourth-order valence-electron chi connectivity index (χ4n) is 1.84. The molecule has 88 valence electrons. The molecule has 0 aliphatic rings. The van der Waals surface area contributed by atoms with E-state index >= 15 is 0 Å². The number of benzene rings is 1. The largest absolute Gasteiger partial charge is 0.350 e. The van der Waals surface area contributed by atoms with Crippen LogP contribution in [0.3, 0.4) is 0 Å². The lowest BCUT2D eigenvalue weighted by Gasteiger charge is -2.17. The van der Waals surface area contributed by atoms with Crippen molar-refractivity contribution in [3.05, 3.63) is 34.9 Å². The molecule has 1 aromatic carbocycles. The van der Waals surface area contributed by atoms with Gasteiger partial charge in [-0.05, 0) is 38.3 Å². The maximum Gasteiger partial charge on any atom is 0.220 e. The molecule has 0 aromatic heterocycles. The third kappa shape index (κ3) is 3.37. The number of nitrogens with one attached hydrogen (secondary N) is 1. The maximum atomic E-state index is 11.5. The molecule has 1 atom stereocenters. The second-order valence-electron chi connectivity index (χ2n) is 4.40. The first-order chi connectivity index (χ1) is 7.54. The standard InChI is InChI=1S/C14H21NO/c1-5-6-14(16)15-12(4)13-9-10(2)7-8-11(13)3/h7-9,12H,5-6H2,1-4H3,(H,15,16)/t12-/m0/s1. The predicted octanol–water partition coefficient (Wildman–Crippen LogP) is 3.28.